The van der Waals surface area contributed by atoms with Gasteiger partial charge in [0.15, 0.2) is 11.5 Å². The number of anilines is 1. The number of likely N-dealkylation sites (N-methyl/N-ethyl adjacent to an activating group) is 1. The number of nitrogens with one attached hydrogen (secondary N) is 1. The molecule has 0 aliphatic rings. The van der Waals surface area contributed by atoms with Crippen molar-refractivity contribution in [3.63, 3.8) is 0 Å². The maximum absolute atomic E-state index is 12.6. The molecule has 0 heterocycles. The van der Waals surface area contributed by atoms with Gasteiger partial charge in [-0.3, -0.25) is 9.69 Å². The quantitative estimate of drug-likeness (QED) is 0.620. The Balaban J connectivity index is 2.03. The van der Waals surface area contributed by atoms with Gasteiger partial charge in [-0.1, -0.05) is 13.0 Å². The van der Waals surface area contributed by atoms with Crippen molar-refractivity contribution in [2.45, 2.75) is 20.4 Å². The molecule has 7 heteroatoms. The maximum Gasteiger partial charge on any atom is 0.238 e. The molecule has 0 spiro atoms. The summed E-state index contributed by atoms with van der Waals surface area (Å²) in [5, 5.41) is 2.91. The van der Waals surface area contributed by atoms with Crippen LogP contribution in [0.1, 0.15) is 19.4 Å². The molecule has 0 aliphatic heterocycles. The van der Waals surface area contributed by atoms with Gasteiger partial charge in [-0.25, -0.2) is 0 Å². The number of carbonyl (C=O) groups excluding carboxylic acids is 1. The number of benzene rings is 2. The van der Waals surface area contributed by atoms with E-state index in [0.29, 0.717) is 41.8 Å². The number of hydrogen-bond acceptors (Lipinski definition) is 6. The fraction of sp³-hybridized carbons (Fsp3) is 0.409. The van der Waals surface area contributed by atoms with Crippen LogP contribution in [0.4, 0.5) is 5.69 Å². The molecule has 0 saturated carbocycles. The van der Waals surface area contributed by atoms with Crippen molar-refractivity contribution < 1.29 is 23.7 Å². The molecule has 1 amide bonds. The van der Waals surface area contributed by atoms with E-state index in [1.807, 2.05) is 36.9 Å². The predicted octanol–water partition coefficient (Wildman–Crippen LogP) is 3.57. The van der Waals surface area contributed by atoms with Gasteiger partial charge in [0.1, 0.15) is 11.5 Å². The van der Waals surface area contributed by atoms with Crippen LogP contribution >= 0.6 is 0 Å². The zero-order valence-corrected chi connectivity index (χ0v) is 17.8. The number of amides is 1. The first-order valence-corrected chi connectivity index (χ1v) is 9.58. The van der Waals surface area contributed by atoms with Gasteiger partial charge in [0.05, 0.1) is 40.2 Å². The van der Waals surface area contributed by atoms with Gasteiger partial charge in [-0.2, -0.15) is 0 Å². The summed E-state index contributed by atoms with van der Waals surface area (Å²) in [6.45, 7) is 6.12. The van der Waals surface area contributed by atoms with Gasteiger partial charge < -0.3 is 24.3 Å². The Hall–Kier alpha value is -2.93. The molecule has 2 aromatic carbocycles. The topological polar surface area (TPSA) is 69.3 Å². The third-order valence-corrected chi connectivity index (χ3v) is 4.43. The van der Waals surface area contributed by atoms with Gasteiger partial charge in [-0.05, 0) is 43.3 Å². The standard InChI is InChI=1S/C22H30N2O5/c1-6-24(14-16-8-11-19(29-7-2)21(12-16)28-5)15-22(25)23-18-10-9-17(26-3)13-20(18)27-4/h8-13H,6-7,14-15H2,1-5H3,(H,23,25). The molecule has 158 valence electrons. The van der Waals surface area contributed by atoms with Gasteiger partial charge in [-0.15, -0.1) is 0 Å². The maximum atomic E-state index is 12.6. The first kappa shape index (κ1) is 22.4. The number of ether oxygens (including phenoxy) is 4. The van der Waals surface area contributed by atoms with Crippen molar-refractivity contribution in [1.82, 2.24) is 4.90 Å². The van der Waals surface area contributed by atoms with Gasteiger partial charge >= 0.3 is 0 Å². The minimum absolute atomic E-state index is 0.117. The van der Waals surface area contributed by atoms with E-state index in [1.165, 1.54) is 0 Å². The molecule has 1 N–H and O–H groups in total. The number of carbonyl (C=O) groups is 1. The number of hydrogen-bond donors (Lipinski definition) is 1. The van der Waals surface area contributed by atoms with Gasteiger partial charge in [0.2, 0.25) is 5.91 Å². The van der Waals surface area contributed by atoms with Crippen LogP contribution in [0.2, 0.25) is 0 Å². The molecule has 0 saturated heterocycles. The fourth-order valence-electron chi connectivity index (χ4n) is 2.92. The number of nitrogens with zero attached hydrogens (tertiary/aromatic N) is 1. The molecule has 0 bridgehead atoms. The van der Waals surface area contributed by atoms with Crippen molar-refractivity contribution in [3.05, 3.63) is 42.0 Å². The SMILES string of the molecule is CCOc1ccc(CN(CC)CC(=O)Nc2ccc(OC)cc2OC)cc1OC. The molecular weight excluding hydrogens is 372 g/mol. The van der Waals surface area contributed by atoms with E-state index in [9.17, 15) is 4.79 Å². The predicted molar refractivity (Wildman–Crippen MR) is 113 cm³/mol. The summed E-state index contributed by atoms with van der Waals surface area (Å²) in [5.41, 5.74) is 1.65. The minimum atomic E-state index is -0.117. The molecule has 0 atom stereocenters. The highest BCUT2D eigenvalue weighted by molar-refractivity contribution is 5.93. The van der Waals surface area contributed by atoms with E-state index < -0.39 is 0 Å². The second kappa shape index (κ2) is 11.2. The van der Waals surface area contributed by atoms with Crippen LogP contribution in [-0.4, -0.2) is 51.8 Å². The van der Waals surface area contributed by atoms with Crippen LogP contribution in [0.25, 0.3) is 0 Å². The Kier molecular flexibility index (Phi) is 8.61. The Bertz CT molecular complexity index is 810. The van der Waals surface area contributed by atoms with Gasteiger partial charge in [0, 0.05) is 12.6 Å². The van der Waals surface area contributed by atoms with Crippen molar-refractivity contribution >= 4 is 11.6 Å². The number of methoxy groups -OCH3 is 3. The molecular formula is C22H30N2O5. The molecule has 7 nitrogen and oxygen atoms in total. The molecule has 0 fully saturated rings. The van der Waals surface area contributed by atoms with Crippen LogP contribution in [0, 0.1) is 0 Å². The van der Waals surface area contributed by atoms with E-state index in [1.54, 1.807) is 39.5 Å². The Morgan fingerprint density at radius 1 is 0.931 bits per heavy atom. The zero-order valence-electron chi connectivity index (χ0n) is 17.8. The lowest BCUT2D eigenvalue weighted by Gasteiger charge is -2.21. The Morgan fingerprint density at radius 2 is 1.69 bits per heavy atom. The van der Waals surface area contributed by atoms with Crippen LogP contribution < -0.4 is 24.3 Å². The van der Waals surface area contributed by atoms with Crippen molar-refractivity contribution in [2.24, 2.45) is 0 Å². The molecule has 0 aromatic heterocycles. The van der Waals surface area contributed by atoms with E-state index >= 15 is 0 Å². The molecule has 2 aromatic rings. The average Bonchev–Trinajstić information content (AvgIpc) is 2.74. The fourth-order valence-corrected chi connectivity index (χ4v) is 2.92. The molecule has 2 rings (SSSR count). The summed E-state index contributed by atoms with van der Waals surface area (Å²) in [7, 11) is 4.76. The normalized spacial score (nSPS) is 10.6. The van der Waals surface area contributed by atoms with Crippen LogP contribution in [0.3, 0.4) is 0 Å². The highest BCUT2D eigenvalue weighted by Crippen LogP contribution is 2.30. The van der Waals surface area contributed by atoms with E-state index in [0.717, 1.165) is 12.1 Å². The lowest BCUT2D eigenvalue weighted by atomic mass is 10.2. The molecule has 0 radical (unpaired) electrons. The average molecular weight is 402 g/mol. The highest BCUT2D eigenvalue weighted by Gasteiger charge is 2.14. The van der Waals surface area contributed by atoms with Crippen molar-refractivity contribution in [1.29, 1.82) is 0 Å². The monoisotopic (exact) mass is 402 g/mol. The summed E-state index contributed by atoms with van der Waals surface area (Å²) < 4.78 is 21.5. The first-order chi connectivity index (χ1) is 14.0. The lowest BCUT2D eigenvalue weighted by molar-refractivity contribution is -0.117. The molecule has 0 aliphatic carbocycles. The first-order valence-electron chi connectivity index (χ1n) is 9.58. The largest absolute Gasteiger partial charge is 0.497 e. The van der Waals surface area contributed by atoms with Crippen LogP contribution in [0.5, 0.6) is 23.0 Å². The Morgan fingerprint density at radius 3 is 2.31 bits per heavy atom. The molecule has 0 unspecified atom stereocenters. The smallest absolute Gasteiger partial charge is 0.238 e. The lowest BCUT2D eigenvalue weighted by Crippen LogP contribution is -2.32. The second-order valence-corrected chi connectivity index (χ2v) is 6.34. The summed E-state index contributed by atoms with van der Waals surface area (Å²) in [5.74, 6) is 2.50. The van der Waals surface area contributed by atoms with E-state index in [-0.39, 0.29) is 12.5 Å². The zero-order chi connectivity index (χ0) is 21.2. The second-order valence-electron chi connectivity index (χ2n) is 6.34. The van der Waals surface area contributed by atoms with Crippen LogP contribution in [0.15, 0.2) is 36.4 Å². The van der Waals surface area contributed by atoms with Crippen LogP contribution in [-0.2, 0) is 11.3 Å². The Labute approximate surface area is 172 Å². The third-order valence-electron chi connectivity index (χ3n) is 4.43. The van der Waals surface area contributed by atoms with E-state index in [4.69, 9.17) is 18.9 Å². The molecule has 29 heavy (non-hydrogen) atoms. The van der Waals surface area contributed by atoms with E-state index in [2.05, 4.69) is 5.32 Å². The highest BCUT2D eigenvalue weighted by atomic mass is 16.5. The number of rotatable bonds is 11. The summed E-state index contributed by atoms with van der Waals surface area (Å²) in [6, 6.07) is 11.1. The third kappa shape index (κ3) is 6.29. The summed E-state index contributed by atoms with van der Waals surface area (Å²) >= 11 is 0. The van der Waals surface area contributed by atoms with Gasteiger partial charge in [0.25, 0.3) is 0 Å². The summed E-state index contributed by atoms with van der Waals surface area (Å²) in [6.07, 6.45) is 0. The van der Waals surface area contributed by atoms with Crippen molar-refractivity contribution in [3.8, 4) is 23.0 Å². The van der Waals surface area contributed by atoms with Crippen molar-refractivity contribution in [2.75, 3.05) is 46.3 Å². The minimum Gasteiger partial charge on any atom is -0.497 e. The summed E-state index contributed by atoms with van der Waals surface area (Å²) in [4.78, 5) is 14.6.